The summed E-state index contributed by atoms with van der Waals surface area (Å²) in [5, 5.41) is 0. The quantitative estimate of drug-likeness (QED) is 0.457. The SMILES string of the molecule is C1=CCC2CC[CH-]C2=C1.CC1[CH-]C2=CC=CCC2C1.[Cl-].[Cl-].[Zr+4]. The molecule has 0 bridgehead atoms. The summed E-state index contributed by atoms with van der Waals surface area (Å²) in [5.41, 5.74) is 3.16. The third-order valence-corrected chi connectivity index (χ3v) is 4.66. The van der Waals surface area contributed by atoms with Gasteiger partial charge in [0, 0.05) is 0 Å². The Balaban J connectivity index is 0.000000354. The van der Waals surface area contributed by atoms with Gasteiger partial charge in [-0.1, -0.05) is 25.7 Å². The fraction of sp³-hybridized carbons (Fsp3) is 0.474. The third-order valence-electron chi connectivity index (χ3n) is 4.66. The average Bonchev–Trinajstić information content (AvgIpc) is 3.03. The molecule has 0 amide bonds. The first-order chi connectivity index (χ1) is 9.33. The van der Waals surface area contributed by atoms with Crippen molar-refractivity contribution in [3.05, 3.63) is 60.4 Å². The van der Waals surface area contributed by atoms with Gasteiger partial charge in [0.1, 0.15) is 0 Å². The van der Waals surface area contributed by atoms with Crippen molar-refractivity contribution in [2.75, 3.05) is 0 Å². The molecular weight excluding hydrogens is 390 g/mol. The van der Waals surface area contributed by atoms with Gasteiger partial charge in [-0.15, -0.1) is 30.7 Å². The molecule has 0 aromatic rings. The summed E-state index contributed by atoms with van der Waals surface area (Å²) in [6, 6.07) is 0. The zero-order chi connectivity index (χ0) is 13.1. The normalized spacial score (nSPS) is 29.4. The van der Waals surface area contributed by atoms with Crippen LogP contribution in [-0.2, 0) is 26.2 Å². The van der Waals surface area contributed by atoms with Gasteiger partial charge in [0.15, 0.2) is 0 Å². The Morgan fingerprint density at radius 3 is 2.23 bits per heavy atom. The van der Waals surface area contributed by atoms with E-state index in [2.05, 4.69) is 56.2 Å². The molecule has 0 aromatic heterocycles. The summed E-state index contributed by atoms with van der Waals surface area (Å²) in [7, 11) is 0. The van der Waals surface area contributed by atoms with E-state index in [0.29, 0.717) is 0 Å². The predicted octanol–water partition coefficient (Wildman–Crippen LogP) is -0.775. The van der Waals surface area contributed by atoms with Gasteiger partial charge in [-0.3, -0.25) is 0 Å². The van der Waals surface area contributed by atoms with E-state index in [-0.39, 0.29) is 51.0 Å². The zero-order valence-electron chi connectivity index (χ0n) is 13.1. The van der Waals surface area contributed by atoms with Gasteiger partial charge in [-0.2, -0.15) is 0 Å². The molecular formula is C19H24Cl2Zr. The molecule has 0 nitrogen and oxygen atoms in total. The second-order valence-corrected chi connectivity index (χ2v) is 6.22. The number of allylic oxidation sites excluding steroid dienone is 8. The van der Waals surface area contributed by atoms with Crippen molar-refractivity contribution in [2.24, 2.45) is 17.8 Å². The summed E-state index contributed by atoms with van der Waals surface area (Å²) in [6.07, 6.45) is 24.8. The molecule has 4 rings (SSSR count). The molecule has 0 radical (unpaired) electrons. The molecule has 3 heteroatoms. The number of halogens is 2. The maximum absolute atomic E-state index is 2.41. The second-order valence-electron chi connectivity index (χ2n) is 6.22. The summed E-state index contributed by atoms with van der Waals surface area (Å²) in [5.74, 6) is 2.56. The van der Waals surface area contributed by atoms with Crippen LogP contribution in [0, 0.1) is 30.6 Å². The Hall–Kier alpha value is 0.163. The van der Waals surface area contributed by atoms with E-state index < -0.39 is 0 Å². The van der Waals surface area contributed by atoms with E-state index in [1.165, 1.54) is 32.1 Å². The van der Waals surface area contributed by atoms with Crippen LogP contribution in [-0.4, -0.2) is 0 Å². The Kier molecular flexibility index (Phi) is 10.9. The Morgan fingerprint density at radius 2 is 1.59 bits per heavy atom. The summed E-state index contributed by atoms with van der Waals surface area (Å²) in [4.78, 5) is 0. The van der Waals surface area contributed by atoms with E-state index >= 15 is 0 Å². The molecule has 0 aromatic carbocycles. The zero-order valence-corrected chi connectivity index (χ0v) is 17.1. The van der Waals surface area contributed by atoms with Gasteiger partial charge in [0.2, 0.25) is 0 Å². The predicted molar refractivity (Wildman–Crippen MR) is 82.3 cm³/mol. The standard InChI is InChI=1S/C10H13.C9H11.2ClH.Zr/c1-8-6-9-4-2-3-5-10(9)7-8;1-2-5-9-7-3-6-8(9)4-1;;;/h2-4,6,8,10H,5,7H2,1H3;1-2,4,6,9H,3,5,7H2;2*1H;/q2*-1;;;+4/p-2. The van der Waals surface area contributed by atoms with Crippen LogP contribution in [0.1, 0.15) is 39.0 Å². The van der Waals surface area contributed by atoms with Crippen LogP contribution in [0.4, 0.5) is 0 Å². The van der Waals surface area contributed by atoms with Crippen molar-refractivity contribution in [3.8, 4) is 0 Å². The number of hydrogen-bond donors (Lipinski definition) is 0. The Bertz CT molecular complexity index is 448. The molecule has 0 N–H and O–H groups in total. The molecule has 22 heavy (non-hydrogen) atoms. The van der Waals surface area contributed by atoms with Crippen molar-refractivity contribution in [2.45, 2.75) is 39.0 Å². The van der Waals surface area contributed by atoms with Gasteiger partial charge >= 0.3 is 26.2 Å². The van der Waals surface area contributed by atoms with Gasteiger partial charge in [-0.25, -0.2) is 36.1 Å². The van der Waals surface area contributed by atoms with Gasteiger partial charge < -0.3 is 24.8 Å². The van der Waals surface area contributed by atoms with Crippen LogP contribution < -0.4 is 24.8 Å². The average molecular weight is 415 g/mol. The number of hydrogen-bond acceptors (Lipinski definition) is 0. The van der Waals surface area contributed by atoms with Crippen molar-refractivity contribution < 1.29 is 51.0 Å². The summed E-state index contributed by atoms with van der Waals surface area (Å²) in [6.45, 7) is 2.30. The molecule has 3 atom stereocenters. The van der Waals surface area contributed by atoms with Crippen molar-refractivity contribution in [1.29, 1.82) is 0 Å². The molecule has 4 aliphatic carbocycles. The van der Waals surface area contributed by atoms with E-state index in [9.17, 15) is 0 Å². The first-order valence-corrected chi connectivity index (χ1v) is 7.74. The minimum atomic E-state index is 0. The molecule has 0 spiro atoms. The minimum absolute atomic E-state index is 0. The molecule has 4 aliphatic rings. The summed E-state index contributed by atoms with van der Waals surface area (Å²) >= 11 is 0. The van der Waals surface area contributed by atoms with E-state index in [4.69, 9.17) is 0 Å². The second kappa shape index (κ2) is 10.8. The van der Waals surface area contributed by atoms with Gasteiger partial charge in [0.05, 0.1) is 0 Å². The fourth-order valence-corrected chi connectivity index (χ4v) is 3.63. The van der Waals surface area contributed by atoms with Crippen LogP contribution in [0.5, 0.6) is 0 Å². The maximum Gasteiger partial charge on any atom is 4.00 e. The van der Waals surface area contributed by atoms with Crippen molar-refractivity contribution in [1.82, 2.24) is 0 Å². The molecule has 0 heterocycles. The fourth-order valence-electron chi connectivity index (χ4n) is 3.63. The summed E-state index contributed by atoms with van der Waals surface area (Å²) < 4.78 is 0. The maximum atomic E-state index is 2.41. The molecule has 0 saturated heterocycles. The van der Waals surface area contributed by atoms with Crippen molar-refractivity contribution in [3.63, 3.8) is 0 Å². The van der Waals surface area contributed by atoms with Crippen molar-refractivity contribution >= 4 is 0 Å². The van der Waals surface area contributed by atoms with E-state index in [1.54, 1.807) is 11.1 Å². The smallest absolute Gasteiger partial charge is 1.00 e. The molecule has 0 aliphatic heterocycles. The molecule has 2 saturated carbocycles. The first kappa shape index (κ1) is 22.2. The van der Waals surface area contributed by atoms with Crippen LogP contribution in [0.3, 0.4) is 0 Å². The van der Waals surface area contributed by atoms with Crippen LogP contribution >= 0.6 is 0 Å². The first-order valence-electron chi connectivity index (χ1n) is 7.74. The minimum Gasteiger partial charge on any atom is -1.00 e. The van der Waals surface area contributed by atoms with Gasteiger partial charge in [-0.05, 0) is 24.7 Å². The Morgan fingerprint density at radius 1 is 0.955 bits per heavy atom. The molecule has 3 unspecified atom stereocenters. The van der Waals surface area contributed by atoms with Crippen LogP contribution in [0.25, 0.3) is 0 Å². The van der Waals surface area contributed by atoms with Crippen LogP contribution in [0.15, 0.2) is 47.6 Å². The Labute approximate surface area is 167 Å². The molecule has 118 valence electrons. The number of rotatable bonds is 0. The molecule has 2 fully saturated rings. The van der Waals surface area contributed by atoms with Gasteiger partial charge in [0.25, 0.3) is 0 Å². The topological polar surface area (TPSA) is 0 Å². The number of fused-ring (bicyclic) bond motifs is 2. The largest absolute Gasteiger partial charge is 4.00 e. The monoisotopic (exact) mass is 412 g/mol. The van der Waals surface area contributed by atoms with E-state index in [1.807, 2.05) is 0 Å². The third kappa shape index (κ3) is 5.66. The van der Waals surface area contributed by atoms with E-state index in [0.717, 1.165) is 17.8 Å². The van der Waals surface area contributed by atoms with Crippen LogP contribution in [0.2, 0.25) is 0 Å².